The van der Waals surface area contributed by atoms with Crippen molar-refractivity contribution >= 4 is 27.6 Å². The van der Waals surface area contributed by atoms with Gasteiger partial charge in [0.1, 0.15) is 16.9 Å². The zero-order chi connectivity index (χ0) is 22.4. The van der Waals surface area contributed by atoms with E-state index in [1.54, 1.807) is 24.9 Å². The van der Waals surface area contributed by atoms with Gasteiger partial charge in [0.2, 0.25) is 0 Å². The predicted molar refractivity (Wildman–Crippen MR) is 126 cm³/mol. The molecule has 6 rings (SSSR count). The maximum atomic E-state index is 5.23. The lowest BCUT2D eigenvalue weighted by molar-refractivity contribution is 0.568. The Hall–Kier alpha value is -4.53. The van der Waals surface area contributed by atoms with E-state index in [9.17, 15) is 0 Å². The third-order valence-corrected chi connectivity index (χ3v) is 5.36. The molecule has 0 saturated carbocycles. The molecule has 0 spiro atoms. The number of pyridine rings is 3. The molecule has 9 nitrogen and oxygen atoms in total. The van der Waals surface area contributed by atoms with E-state index in [0.29, 0.717) is 17.6 Å². The summed E-state index contributed by atoms with van der Waals surface area (Å²) in [7, 11) is 0. The van der Waals surface area contributed by atoms with Crippen molar-refractivity contribution in [2.24, 2.45) is 0 Å². The average Bonchev–Trinajstić information content (AvgIpc) is 3.57. The third-order valence-electron chi connectivity index (χ3n) is 5.36. The lowest BCUT2D eigenvalue weighted by Gasteiger charge is -2.10. The Morgan fingerprint density at radius 2 is 1.91 bits per heavy atom. The third kappa shape index (κ3) is 3.39. The first-order chi connectivity index (χ1) is 16.2. The molecular formula is C24H20N8O. The normalized spacial score (nSPS) is 11.6. The maximum Gasteiger partial charge on any atom is 0.159 e. The number of nitrogens with zero attached hydrogens (tertiary/aromatic N) is 5. The van der Waals surface area contributed by atoms with E-state index in [1.807, 2.05) is 36.7 Å². The topological polar surface area (TPSA) is 121 Å². The van der Waals surface area contributed by atoms with Gasteiger partial charge < -0.3 is 14.7 Å². The summed E-state index contributed by atoms with van der Waals surface area (Å²) in [6.45, 7) is 4.19. The molecule has 0 bridgehead atoms. The summed E-state index contributed by atoms with van der Waals surface area (Å²) in [6, 6.07) is 8.13. The summed E-state index contributed by atoms with van der Waals surface area (Å²) < 4.78 is 5.23. The van der Waals surface area contributed by atoms with Crippen LogP contribution in [0.1, 0.15) is 13.8 Å². The van der Waals surface area contributed by atoms with Crippen LogP contribution in [-0.4, -0.2) is 41.2 Å². The highest BCUT2D eigenvalue weighted by atomic mass is 16.3. The van der Waals surface area contributed by atoms with Gasteiger partial charge in [-0.25, -0.2) is 4.98 Å². The number of aromatic nitrogens is 7. The monoisotopic (exact) mass is 436 g/mol. The number of furan rings is 1. The fraction of sp³-hybridized carbons (Fsp3) is 0.125. The minimum atomic E-state index is 0.312. The molecule has 0 fully saturated rings. The molecule has 0 radical (unpaired) electrons. The van der Waals surface area contributed by atoms with Gasteiger partial charge in [-0.15, -0.1) is 0 Å². The zero-order valence-electron chi connectivity index (χ0n) is 18.0. The van der Waals surface area contributed by atoms with Crippen molar-refractivity contribution in [2.45, 2.75) is 19.9 Å². The van der Waals surface area contributed by atoms with E-state index in [0.717, 1.165) is 50.1 Å². The van der Waals surface area contributed by atoms with Crippen molar-refractivity contribution in [2.75, 3.05) is 5.32 Å². The molecule has 9 heteroatoms. The fourth-order valence-electron chi connectivity index (χ4n) is 3.91. The van der Waals surface area contributed by atoms with Gasteiger partial charge in [-0.1, -0.05) is 0 Å². The van der Waals surface area contributed by atoms with E-state index < -0.39 is 0 Å². The molecule has 6 aromatic rings. The summed E-state index contributed by atoms with van der Waals surface area (Å²) in [6.07, 6.45) is 10.4. The number of fused-ring (bicyclic) bond motifs is 2. The quantitative estimate of drug-likeness (QED) is 0.346. The van der Waals surface area contributed by atoms with Crippen LogP contribution in [0.3, 0.4) is 0 Å². The molecule has 33 heavy (non-hydrogen) atoms. The molecule has 0 aliphatic rings. The molecule has 0 aliphatic carbocycles. The van der Waals surface area contributed by atoms with Crippen molar-refractivity contribution in [1.29, 1.82) is 0 Å². The molecule has 0 atom stereocenters. The Kier molecular flexibility index (Phi) is 4.39. The Bertz CT molecular complexity index is 1580. The van der Waals surface area contributed by atoms with Gasteiger partial charge >= 0.3 is 0 Å². The molecule has 0 amide bonds. The van der Waals surface area contributed by atoms with Gasteiger partial charge in [-0.3, -0.25) is 20.1 Å². The van der Waals surface area contributed by atoms with Gasteiger partial charge in [0, 0.05) is 41.1 Å². The summed E-state index contributed by atoms with van der Waals surface area (Å²) in [5.74, 6) is 0.652. The van der Waals surface area contributed by atoms with E-state index in [2.05, 4.69) is 49.3 Å². The second-order valence-electron chi connectivity index (χ2n) is 8.10. The lowest BCUT2D eigenvalue weighted by Crippen LogP contribution is -2.09. The maximum absolute atomic E-state index is 5.23. The highest BCUT2D eigenvalue weighted by molar-refractivity contribution is 5.96. The number of hydrogen-bond donors (Lipinski definition) is 3. The number of anilines is 1. The number of H-pyrrole nitrogens is 2. The van der Waals surface area contributed by atoms with E-state index >= 15 is 0 Å². The summed E-state index contributed by atoms with van der Waals surface area (Å²) in [5, 5.41) is 11.9. The summed E-state index contributed by atoms with van der Waals surface area (Å²) in [5.41, 5.74) is 7.49. The lowest BCUT2D eigenvalue weighted by atomic mass is 10.1. The van der Waals surface area contributed by atoms with Crippen LogP contribution < -0.4 is 5.32 Å². The molecule has 6 heterocycles. The van der Waals surface area contributed by atoms with Gasteiger partial charge in [0.25, 0.3) is 0 Å². The van der Waals surface area contributed by atoms with Crippen molar-refractivity contribution in [3.8, 4) is 34.0 Å². The van der Waals surface area contributed by atoms with Crippen LogP contribution >= 0.6 is 0 Å². The first kappa shape index (κ1) is 19.2. The van der Waals surface area contributed by atoms with Crippen molar-refractivity contribution < 1.29 is 4.42 Å². The smallest absolute Gasteiger partial charge is 0.159 e. The number of hydrogen-bond acceptors (Lipinski definition) is 7. The first-order valence-electron chi connectivity index (χ1n) is 10.6. The first-order valence-corrected chi connectivity index (χ1v) is 10.6. The molecule has 3 N–H and O–H groups in total. The molecule has 0 unspecified atom stereocenters. The van der Waals surface area contributed by atoms with Gasteiger partial charge in [-0.2, -0.15) is 5.10 Å². The second kappa shape index (κ2) is 7.56. The van der Waals surface area contributed by atoms with Crippen LogP contribution in [0.5, 0.6) is 0 Å². The highest BCUT2D eigenvalue weighted by Crippen LogP contribution is 2.31. The van der Waals surface area contributed by atoms with Crippen LogP contribution in [0.15, 0.2) is 66.0 Å². The SMILES string of the molecule is CC(C)Nc1cncc(-c2cc3c(-c4nc5c(-c6ccoc6)nccc5[nH]4)n[nH]c3cn2)c1. The fourth-order valence-corrected chi connectivity index (χ4v) is 3.91. The largest absolute Gasteiger partial charge is 0.472 e. The standard InChI is InChI=1S/C24H20N8O/c1-13(2)28-16-7-15(9-25-10-16)19-8-17-20(11-27-19)31-32-22(17)24-29-18-3-5-26-21(23(18)30-24)14-4-6-33-12-14/h3-13,28H,1-2H3,(H,29,30)(H,31,32). The van der Waals surface area contributed by atoms with E-state index in [-0.39, 0.29) is 0 Å². The van der Waals surface area contributed by atoms with Gasteiger partial charge in [-0.05, 0) is 38.1 Å². The molecule has 0 aliphatic heterocycles. The Balaban J connectivity index is 1.45. The van der Waals surface area contributed by atoms with Crippen molar-refractivity contribution in [1.82, 2.24) is 35.1 Å². The van der Waals surface area contributed by atoms with E-state index in [4.69, 9.17) is 9.40 Å². The van der Waals surface area contributed by atoms with E-state index in [1.165, 1.54) is 0 Å². The highest BCUT2D eigenvalue weighted by Gasteiger charge is 2.17. The van der Waals surface area contributed by atoms with Gasteiger partial charge in [0.15, 0.2) is 5.82 Å². The van der Waals surface area contributed by atoms with Crippen molar-refractivity contribution in [3.05, 3.63) is 61.6 Å². The number of aromatic amines is 2. The minimum absolute atomic E-state index is 0.312. The predicted octanol–water partition coefficient (Wildman–Crippen LogP) is 5.04. The molecule has 162 valence electrons. The molecule has 0 saturated heterocycles. The number of rotatable bonds is 5. The van der Waals surface area contributed by atoms with Crippen LogP contribution in [0.2, 0.25) is 0 Å². The summed E-state index contributed by atoms with van der Waals surface area (Å²) in [4.78, 5) is 21.7. The van der Waals surface area contributed by atoms with Crippen LogP contribution in [0.25, 0.3) is 56.0 Å². The Labute approximate surface area is 188 Å². The number of nitrogens with one attached hydrogen (secondary N) is 3. The van der Waals surface area contributed by atoms with Crippen LogP contribution in [0, 0.1) is 0 Å². The van der Waals surface area contributed by atoms with Crippen molar-refractivity contribution in [3.63, 3.8) is 0 Å². The van der Waals surface area contributed by atoms with Crippen LogP contribution in [0.4, 0.5) is 5.69 Å². The molecular weight excluding hydrogens is 416 g/mol. The minimum Gasteiger partial charge on any atom is -0.472 e. The Morgan fingerprint density at radius 3 is 2.76 bits per heavy atom. The zero-order valence-corrected chi connectivity index (χ0v) is 18.0. The van der Waals surface area contributed by atoms with Crippen LogP contribution in [-0.2, 0) is 0 Å². The molecule has 6 aromatic heterocycles. The second-order valence-corrected chi connectivity index (χ2v) is 8.10. The summed E-state index contributed by atoms with van der Waals surface area (Å²) >= 11 is 0. The Morgan fingerprint density at radius 1 is 0.970 bits per heavy atom. The number of imidazole rings is 1. The van der Waals surface area contributed by atoms with Gasteiger partial charge in [0.05, 0.1) is 41.1 Å². The average molecular weight is 436 g/mol. The molecule has 0 aromatic carbocycles.